The fraction of sp³-hybridized carbons (Fsp3) is 0.800. The van der Waals surface area contributed by atoms with Crippen molar-refractivity contribution in [2.75, 3.05) is 13.6 Å². The fourth-order valence-corrected chi connectivity index (χ4v) is 4.37. The molecule has 0 spiro atoms. The Morgan fingerprint density at radius 2 is 1.94 bits per heavy atom. The third-order valence-electron chi connectivity index (χ3n) is 4.80. The molecule has 18 heavy (non-hydrogen) atoms. The number of aromatic nitrogens is 1. The summed E-state index contributed by atoms with van der Waals surface area (Å²) >= 11 is 1.92. The molecule has 3 heteroatoms. The van der Waals surface area contributed by atoms with Crippen LogP contribution in [0.5, 0.6) is 0 Å². The van der Waals surface area contributed by atoms with Gasteiger partial charge >= 0.3 is 0 Å². The quantitative estimate of drug-likeness (QED) is 0.849. The van der Waals surface area contributed by atoms with Crippen molar-refractivity contribution in [1.29, 1.82) is 0 Å². The Morgan fingerprint density at radius 3 is 2.44 bits per heavy atom. The first-order chi connectivity index (χ1) is 8.88. The number of rotatable bonds is 6. The Morgan fingerprint density at radius 1 is 1.28 bits per heavy atom. The molecule has 1 N–H and O–H groups in total. The van der Waals surface area contributed by atoms with Crippen LogP contribution < -0.4 is 5.32 Å². The van der Waals surface area contributed by atoms with Crippen LogP contribution in [0.25, 0.3) is 0 Å². The number of hydrogen-bond donors (Lipinski definition) is 1. The smallest absolute Gasteiger partial charge is 0.0964 e. The second kappa shape index (κ2) is 5.70. The van der Waals surface area contributed by atoms with Gasteiger partial charge in [-0.15, -0.1) is 11.3 Å². The molecule has 0 bridgehead atoms. The highest BCUT2D eigenvalue weighted by Gasteiger charge is 2.38. The Hall–Kier alpha value is -0.410. The van der Waals surface area contributed by atoms with E-state index in [9.17, 15) is 0 Å². The Balaban J connectivity index is 1.70. The first-order valence-corrected chi connectivity index (χ1v) is 8.35. The van der Waals surface area contributed by atoms with Gasteiger partial charge in [-0.1, -0.05) is 12.8 Å². The zero-order valence-corrected chi connectivity index (χ0v) is 12.1. The minimum Gasteiger partial charge on any atom is -0.319 e. The summed E-state index contributed by atoms with van der Waals surface area (Å²) in [6, 6.07) is 0. The fourth-order valence-electron chi connectivity index (χ4n) is 3.23. The first kappa shape index (κ1) is 12.6. The summed E-state index contributed by atoms with van der Waals surface area (Å²) in [7, 11) is 2.01. The third kappa shape index (κ3) is 2.48. The minimum atomic E-state index is 0.806. The monoisotopic (exact) mass is 264 g/mol. The van der Waals surface area contributed by atoms with E-state index >= 15 is 0 Å². The van der Waals surface area contributed by atoms with Gasteiger partial charge in [-0.25, -0.2) is 4.98 Å². The Labute approximate surface area is 114 Å². The number of hydrogen-bond acceptors (Lipinski definition) is 3. The lowest BCUT2D eigenvalue weighted by molar-refractivity contribution is 0.149. The average molecular weight is 264 g/mol. The summed E-state index contributed by atoms with van der Waals surface area (Å²) in [5.41, 5.74) is 1.30. The maximum absolute atomic E-state index is 4.93. The first-order valence-electron chi connectivity index (χ1n) is 7.47. The van der Waals surface area contributed by atoms with Crippen molar-refractivity contribution in [1.82, 2.24) is 10.3 Å². The molecule has 0 aliphatic heterocycles. The molecule has 1 aromatic rings. The van der Waals surface area contributed by atoms with Crippen LogP contribution in [-0.2, 0) is 6.42 Å². The molecule has 1 heterocycles. The summed E-state index contributed by atoms with van der Waals surface area (Å²) in [4.78, 5) is 4.93. The second-order valence-corrected chi connectivity index (χ2v) is 6.83. The molecule has 2 nitrogen and oxygen atoms in total. The molecular formula is C15H24N2S. The van der Waals surface area contributed by atoms with Crippen LogP contribution >= 0.6 is 11.3 Å². The lowest BCUT2D eigenvalue weighted by atomic mass is 9.65. The van der Waals surface area contributed by atoms with Gasteiger partial charge in [0.15, 0.2) is 0 Å². The van der Waals surface area contributed by atoms with E-state index in [4.69, 9.17) is 4.98 Å². The van der Waals surface area contributed by atoms with Crippen molar-refractivity contribution in [3.63, 3.8) is 0 Å². The molecule has 0 atom stereocenters. The van der Waals surface area contributed by atoms with E-state index in [1.54, 1.807) is 0 Å². The zero-order chi connectivity index (χ0) is 12.4. The van der Waals surface area contributed by atoms with Crippen LogP contribution in [0.2, 0.25) is 0 Å². The highest BCUT2D eigenvalue weighted by atomic mass is 32.1. The normalized spacial score (nSPS) is 21.0. The van der Waals surface area contributed by atoms with E-state index in [-0.39, 0.29) is 0 Å². The molecule has 0 unspecified atom stereocenters. The number of likely N-dealkylation sites (N-methyl/N-ethyl adjacent to an activating group) is 1. The molecule has 2 aliphatic rings. The number of nitrogens with one attached hydrogen (secondary N) is 1. The molecule has 1 aromatic heterocycles. The Bertz CT molecular complexity index is 366. The van der Waals surface area contributed by atoms with E-state index in [1.807, 2.05) is 18.4 Å². The van der Waals surface area contributed by atoms with Gasteiger partial charge in [0.25, 0.3) is 0 Å². The zero-order valence-electron chi connectivity index (χ0n) is 11.3. The van der Waals surface area contributed by atoms with Crippen molar-refractivity contribution in [2.45, 2.75) is 50.9 Å². The van der Waals surface area contributed by atoms with Crippen LogP contribution in [0.15, 0.2) is 5.38 Å². The van der Waals surface area contributed by atoms with Gasteiger partial charge < -0.3 is 5.32 Å². The largest absolute Gasteiger partial charge is 0.319 e. The van der Waals surface area contributed by atoms with Gasteiger partial charge in [0, 0.05) is 24.3 Å². The van der Waals surface area contributed by atoms with Crippen molar-refractivity contribution >= 4 is 11.3 Å². The summed E-state index contributed by atoms with van der Waals surface area (Å²) in [6.07, 6.45) is 9.78. The van der Waals surface area contributed by atoms with E-state index < -0.39 is 0 Å². The van der Waals surface area contributed by atoms with Gasteiger partial charge in [0.2, 0.25) is 0 Å². The van der Waals surface area contributed by atoms with Crippen molar-refractivity contribution in [2.24, 2.45) is 11.8 Å². The van der Waals surface area contributed by atoms with Gasteiger partial charge in [0.1, 0.15) is 0 Å². The summed E-state index contributed by atoms with van der Waals surface area (Å²) in [5.74, 6) is 2.72. The topological polar surface area (TPSA) is 24.9 Å². The van der Waals surface area contributed by atoms with Gasteiger partial charge in [-0.05, 0) is 44.6 Å². The molecule has 0 radical (unpaired) electrons. The molecule has 0 amide bonds. The van der Waals surface area contributed by atoms with E-state index in [2.05, 4.69) is 10.7 Å². The molecule has 0 aromatic carbocycles. The summed E-state index contributed by atoms with van der Waals surface area (Å²) < 4.78 is 0. The van der Waals surface area contributed by atoms with Crippen LogP contribution in [0, 0.1) is 11.8 Å². The molecular weight excluding hydrogens is 240 g/mol. The van der Waals surface area contributed by atoms with Gasteiger partial charge in [-0.2, -0.15) is 0 Å². The van der Waals surface area contributed by atoms with Crippen molar-refractivity contribution in [3.05, 3.63) is 16.1 Å². The summed E-state index contributed by atoms with van der Waals surface area (Å²) in [6.45, 7) is 1.04. The van der Waals surface area contributed by atoms with E-state index in [1.165, 1.54) is 49.2 Å². The molecule has 3 rings (SSSR count). The SMILES string of the molecule is CNCCc1csc(C(C2CCC2)C2CCC2)n1. The predicted molar refractivity (Wildman–Crippen MR) is 77.2 cm³/mol. The second-order valence-electron chi connectivity index (χ2n) is 5.94. The number of thiazole rings is 1. The van der Waals surface area contributed by atoms with E-state index in [0.29, 0.717) is 0 Å². The predicted octanol–water partition coefficient (Wildman–Crippen LogP) is 3.59. The third-order valence-corrected chi connectivity index (χ3v) is 5.80. The molecule has 100 valence electrons. The standard InChI is InChI=1S/C15H24N2S/c1-16-9-8-13-10-18-15(17-13)14(11-4-2-5-11)12-6-3-7-12/h10-12,14,16H,2-9H2,1H3. The van der Waals surface area contributed by atoms with Gasteiger partial charge in [0.05, 0.1) is 10.7 Å². The van der Waals surface area contributed by atoms with Crippen LogP contribution in [0.4, 0.5) is 0 Å². The lowest BCUT2D eigenvalue weighted by Gasteiger charge is -2.41. The van der Waals surface area contributed by atoms with Gasteiger partial charge in [-0.3, -0.25) is 0 Å². The maximum atomic E-state index is 4.93. The van der Waals surface area contributed by atoms with Crippen molar-refractivity contribution < 1.29 is 0 Å². The molecule has 2 saturated carbocycles. The van der Waals surface area contributed by atoms with Crippen LogP contribution in [0.3, 0.4) is 0 Å². The highest BCUT2D eigenvalue weighted by molar-refractivity contribution is 7.09. The number of nitrogens with zero attached hydrogens (tertiary/aromatic N) is 1. The van der Waals surface area contributed by atoms with Crippen LogP contribution in [-0.4, -0.2) is 18.6 Å². The summed E-state index contributed by atoms with van der Waals surface area (Å²) in [5, 5.41) is 6.95. The maximum Gasteiger partial charge on any atom is 0.0964 e. The van der Waals surface area contributed by atoms with Crippen molar-refractivity contribution in [3.8, 4) is 0 Å². The molecule has 0 saturated heterocycles. The lowest BCUT2D eigenvalue weighted by Crippen LogP contribution is -2.30. The molecule has 2 aliphatic carbocycles. The Kier molecular flexibility index (Phi) is 4.00. The highest BCUT2D eigenvalue weighted by Crippen LogP contribution is 2.50. The van der Waals surface area contributed by atoms with Crippen LogP contribution in [0.1, 0.15) is 55.1 Å². The average Bonchev–Trinajstić information content (AvgIpc) is 2.68. The van der Waals surface area contributed by atoms with E-state index in [0.717, 1.165) is 30.7 Å². The minimum absolute atomic E-state index is 0.806. The molecule has 2 fully saturated rings.